The van der Waals surface area contributed by atoms with Crippen LogP contribution in [-0.4, -0.2) is 23.9 Å². The van der Waals surface area contributed by atoms with Gasteiger partial charge in [-0.1, -0.05) is 35.5 Å². The van der Waals surface area contributed by atoms with Crippen molar-refractivity contribution < 1.29 is 14.4 Å². The summed E-state index contributed by atoms with van der Waals surface area (Å²) in [6, 6.07) is 20.0. The highest BCUT2D eigenvalue weighted by atomic mass is 16.7. The van der Waals surface area contributed by atoms with Crippen LogP contribution in [0.1, 0.15) is 11.1 Å². The summed E-state index contributed by atoms with van der Waals surface area (Å²) in [4.78, 5) is 21.1. The number of rotatable bonds is 5. The average molecular weight is 347 g/mol. The molecule has 0 saturated heterocycles. The molecule has 0 fully saturated rings. The number of carbonyl (C=O) groups is 1. The normalized spacial score (nSPS) is 10.9. The minimum Gasteiger partial charge on any atom is -0.497 e. The maximum Gasteiger partial charge on any atom is 0.437 e. The third-order valence-corrected chi connectivity index (χ3v) is 3.56. The lowest BCUT2D eigenvalue weighted by Crippen LogP contribution is -2.13. The van der Waals surface area contributed by atoms with Crippen molar-refractivity contribution in [2.75, 3.05) is 12.4 Å². The van der Waals surface area contributed by atoms with E-state index >= 15 is 0 Å². The van der Waals surface area contributed by atoms with E-state index in [0.717, 1.165) is 11.1 Å². The van der Waals surface area contributed by atoms with Gasteiger partial charge >= 0.3 is 6.09 Å². The van der Waals surface area contributed by atoms with Gasteiger partial charge in [-0.25, -0.2) is 4.79 Å². The molecule has 0 bridgehead atoms. The fourth-order valence-corrected chi connectivity index (χ4v) is 2.28. The van der Waals surface area contributed by atoms with Crippen molar-refractivity contribution in [1.29, 1.82) is 0 Å². The molecule has 0 aliphatic heterocycles. The number of anilines is 1. The Labute approximate surface area is 151 Å². The molecule has 26 heavy (non-hydrogen) atoms. The first-order valence-corrected chi connectivity index (χ1v) is 7.92. The monoisotopic (exact) mass is 347 g/mol. The number of hydrogen-bond acceptors (Lipinski definition) is 5. The first-order chi connectivity index (χ1) is 12.8. The van der Waals surface area contributed by atoms with Crippen LogP contribution in [0.25, 0.3) is 0 Å². The summed E-state index contributed by atoms with van der Waals surface area (Å²) in [6.45, 7) is 0. The van der Waals surface area contributed by atoms with E-state index in [2.05, 4.69) is 15.5 Å². The molecule has 0 aliphatic carbocycles. The largest absolute Gasteiger partial charge is 0.497 e. The second-order valence-corrected chi connectivity index (χ2v) is 5.27. The zero-order chi connectivity index (χ0) is 18.2. The van der Waals surface area contributed by atoms with E-state index in [1.54, 1.807) is 55.9 Å². The molecule has 130 valence electrons. The predicted octanol–water partition coefficient (Wildman–Crippen LogP) is 4.09. The summed E-state index contributed by atoms with van der Waals surface area (Å²) in [5.41, 5.74) is 2.74. The van der Waals surface area contributed by atoms with Crippen molar-refractivity contribution in [2.45, 2.75) is 0 Å². The predicted molar refractivity (Wildman–Crippen MR) is 99.4 cm³/mol. The van der Waals surface area contributed by atoms with Gasteiger partial charge in [0.15, 0.2) is 0 Å². The van der Waals surface area contributed by atoms with Crippen molar-refractivity contribution >= 4 is 17.5 Å². The second-order valence-electron chi connectivity index (χ2n) is 5.27. The molecular formula is C20H17N3O3. The Morgan fingerprint density at radius 1 is 0.923 bits per heavy atom. The highest BCUT2D eigenvalue weighted by Crippen LogP contribution is 2.15. The topological polar surface area (TPSA) is 72.8 Å². The van der Waals surface area contributed by atoms with Gasteiger partial charge in [0.05, 0.1) is 7.11 Å². The number of hydrogen-bond donors (Lipinski definition) is 1. The Kier molecular flexibility index (Phi) is 5.57. The van der Waals surface area contributed by atoms with Gasteiger partial charge in [-0.05, 0) is 36.4 Å². The van der Waals surface area contributed by atoms with Crippen LogP contribution in [0.4, 0.5) is 10.5 Å². The van der Waals surface area contributed by atoms with Gasteiger partial charge < -0.3 is 4.74 Å². The van der Waals surface area contributed by atoms with Crippen molar-refractivity contribution in [1.82, 2.24) is 4.98 Å². The van der Waals surface area contributed by atoms with Gasteiger partial charge in [-0.2, -0.15) is 0 Å². The van der Waals surface area contributed by atoms with Gasteiger partial charge in [0.1, 0.15) is 11.5 Å². The smallest absolute Gasteiger partial charge is 0.437 e. The van der Waals surface area contributed by atoms with Crippen LogP contribution in [0.3, 0.4) is 0 Å². The van der Waals surface area contributed by atoms with Crippen molar-refractivity contribution in [3.05, 3.63) is 90.3 Å². The number of aromatic nitrogens is 1. The Morgan fingerprint density at radius 2 is 1.58 bits per heavy atom. The van der Waals surface area contributed by atoms with Crippen molar-refractivity contribution in [3.63, 3.8) is 0 Å². The molecule has 6 heteroatoms. The van der Waals surface area contributed by atoms with Gasteiger partial charge in [-0.3, -0.25) is 15.1 Å². The first-order valence-electron chi connectivity index (χ1n) is 7.92. The first kappa shape index (κ1) is 17.2. The summed E-state index contributed by atoms with van der Waals surface area (Å²) in [6.07, 6.45) is 2.63. The number of benzene rings is 2. The van der Waals surface area contributed by atoms with Crippen LogP contribution in [0.15, 0.2) is 84.3 Å². The number of carbonyl (C=O) groups excluding carboxylic acids is 1. The quantitative estimate of drug-likeness (QED) is 0.429. The molecule has 3 aromatic rings. The molecule has 1 heterocycles. The van der Waals surface area contributed by atoms with E-state index < -0.39 is 6.09 Å². The number of oxime groups is 1. The van der Waals surface area contributed by atoms with E-state index in [4.69, 9.17) is 9.57 Å². The highest BCUT2D eigenvalue weighted by molar-refractivity contribution is 6.12. The van der Waals surface area contributed by atoms with Crippen LogP contribution >= 0.6 is 0 Å². The highest BCUT2D eigenvalue weighted by Gasteiger charge is 2.10. The van der Waals surface area contributed by atoms with Crippen molar-refractivity contribution in [3.8, 4) is 5.75 Å². The van der Waals surface area contributed by atoms with Gasteiger partial charge in [0.25, 0.3) is 0 Å². The molecule has 0 aliphatic rings. The van der Waals surface area contributed by atoms with Gasteiger partial charge in [-0.15, -0.1) is 0 Å². The molecule has 2 aromatic carbocycles. The standard InChI is InChI=1S/C20H17N3O3/c1-25-18-9-7-17(8-10-18)22-20(24)26-23-19(15-5-3-2-4-6-15)16-11-13-21-14-12-16/h2-14H,1H3,(H,22,24)/b23-19-. The van der Waals surface area contributed by atoms with Gasteiger partial charge in [0.2, 0.25) is 0 Å². The third kappa shape index (κ3) is 4.45. The van der Waals surface area contributed by atoms with Crippen LogP contribution in [0, 0.1) is 0 Å². The minimum absolute atomic E-state index is 0.540. The number of nitrogens with one attached hydrogen (secondary N) is 1. The molecule has 0 radical (unpaired) electrons. The summed E-state index contributed by atoms with van der Waals surface area (Å²) in [5, 5.41) is 6.66. The summed E-state index contributed by atoms with van der Waals surface area (Å²) in [5.74, 6) is 0.700. The van der Waals surface area contributed by atoms with E-state index in [1.165, 1.54) is 0 Å². The summed E-state index contributed by atoms with van der Waals surface area (Å²) < 4.78 is 5.08. The fraction of sp³-hybridized carbons (Fsp3) is 0.0500. The SMILES string of the molecule is COc1ccc(NC(=O)O/N=C(/c2ccccc2)c2ccncc2)cc1. The number of ether oxygens (including phenoxy) is 1. The Morgan fingerprint density at radius 3 is 2.23 bits per heavy atom. The molecule has 0 spiro atoms. The van der Waals surface area contributed by atoms with Crippen LogP contribution < -0.4 is 10.1 Å². The van der Waals surface area contributed by atoms with Gasteiger partial charge in [0, 0.05) is 29.2 Å². The number of nitrogens with zero attached hydrogens (tertiary/aromatic N) is 2. The number of pyridine rings is 1. The van der Waals surface area contributed by atoms with E-state index in [-0.39, 0.29) is 0 Å². The number of amides is 1. The Balaban J connectivity index is 1.76. The average Bonchev–Trinajstić information content (AvgIpc) is 2.70. The molecule has 3 rings (SSSR count). The zero-order valence-corrected chi connectivity index (χ0v) is 14.1. The van der Waals surface area contributed by atoms with Crippen molar-refractivity contribution in [2.24, 2.45) is 5.16 Å². The lowest BCUT2D eigenvalue weighted by molar-refractivity contribution is 0.166. The Hall–Kier alpha value is -3.67. The zero-order valence-electron chi connectivity index (χ0n) is 14.1. The molecule has 0 saturated carbocycles. The summed E-state index contributed by atoms with van der Waals surface area (Å²) >= 11 is 0. The number of methoxy groups -OCH3 is 1. The molecule has 1 amide bonds. The third-order valence-electron chi connectivity index (χ3n) is 3.56. The minimum atomic E-state index is -0.683. The molecule has 0 unspecified atom stereocenters. The van der Waals surface area contributed by atoms with Crippen LogP contribution in [-0.2, 0) is 4.84 Å². The molecular weight excluding hydrogens is 330 g/mol. The molecule has 6 nitrogen and oxygen atoms in total. The van der Waals surface area contributed by atoms with E-state index in [1.807, 2.05) is 30.3 Å². The fourth-order valence-electron chi connectivity index (χ4n) is 2.28. The molecule has 1 aromatic heterocycles. The molecule has 1 N–H and O–H groups in total. The molecule has 0 atom stereocenters. The second kappa shape index (κ2) is 8.43. The maximum absolute atomic E-state index is 12.0. The lowest BCUT2D eigenvalue weighted by Gasteiger charge is -2.07. The maximum atomic E-state index is 12.0. The summed E-state index contributed by atoms with van der Waals surface area (Å²) in [7, 11) is 1.58. The lowest BCUT2D eigenvalue weighted by atomic mass is 10.0. The Bertz CT molecular complexity index is 838. The van der Waals surface area contributed by atoms with Crippen LogP contribution in [0.5, 0.6) is 5.75 Å². The van der Waals surface area contributed by atoms with Crippen LogP contribution in [0.2, 0.25) is 0 Å². The van der Waals surface area contributed by atoms with E-state index in [0.29, 0.717) is 17.1 Å². The van der Waals surface area contributed by atoms with E-state index in [9.17, 15) is 4.79 Å².